The Bertz CT molecular complexity index is 378. The van der Waals surface area contributed by atoms with Crippen molar-refractivity contribution < 1.29 is 4.74 Å². The molecular weight excluding hydrogens is 254 g/mol. The summed E-state index contributed by atoms with van der Waals surface area (Å²) >= 11 is 3.45. The lowest BCUT2D eigenvalue weighted by Gasteiger charge is -2.11. The number of halogens is 1. The van der Waals surface area contributed by atoms with E-state index in [1.54, 1.807) is 6.08 Å². The topological polar surface area (TPSA) is 35.2 Å². The van der Waals surface area contributed by atoms with Crippen LogP contribution in [-0.4, -0.2) is 6.61 Å². The minimum Gasteiger partial charge on any atom is -0.369 e. The van der Waals surface area contributed by atoms with Crippen molar-refractivity contribution in [2.24, 2.45) is 5.73 Å². The first-order chi connectivity index (χ1) is 7.22. The molecule has 0 amide bonds. The standard InChI is InChI=1S/C12H14BrNO/c1-2-5-15-12-7-11(14)10-6-8(13)3-4-9(10)12/h2-4,6,11-12H,1,5,7,14H2/t11-,12+/m0/s1. The van der Waals surface area contributed by atoms with Gasteiger partial charge in [-0.3, -0.25) is 0 Å². The van der Waals surface area contributed by atoms with Gasteiger partial charge in [0.1, 0.15) is 0 Å². The van der Waals surface area contributed by atoms with Crippen LogP contribution < -0.4 is 5.73 Å². The largest absolute Gasteiger partial charge is 0.369 e. The highest BCUT2D eigenvalue weighted by atomic mass is 79.9. The maximum absolute atomic E-state index is 6.05. The Morgan fingerprint density at radius 2 is 2.33 bits per heavy atom. The summed E-state index contributed by atoms with van der Waals surface area (Å²) in [4.78, 5) is 0. The molecule has 2 nitrogen and oxygen atoms in total. The molecule has 0 heterocycles. The van der Waals surface area contributed by atoms with E-state index < -0.39 is 0 Å². The van der Waals surface area contributed by atoms with Gasteiger partial charge in [-0.05, 0) is 29.7 Å². The molecule has 1 aromatic rings. The van der Waals surface area contributed by atoms with E-state index >= 15 is 0 Å². The third-order valence-corrected chi connectivity index (χ3v) is 3.17. The van der Waals surface area contributed by atoms with Gasteiger partial charge in [0.05, 0.1) is 12.7 Å². The Balaban J connectivity index is 2.25. The fourth-order valence-electron chi connectivity index (χ4n) is 1.99. The number of ether oxygens (including phenoxy) is 1. The summed E-state index contributed by atoms with van der Waals surface area (Å²) in [5.74, 6) is 0. The van der Waals surface area contributed by atoms with E-state index in [0.717, 1.165) is 10.9 Å². The molecule has 0 bridgehead atoms. The Hall–Kier alpha value is -0.640. The summed E-state index contributed by atoms with van der Waals surface area (Å²) in [5.41, 5.74) is 8.46. The van der Waals surface area contributed by atoms with Gasteiger partial charge in [-0.25, -0.2) is 0 Å². The van der Waals surface area contributed by atoms with Gasteiger partial charge in [0.15, 0.2) is 0 Å². The Kier molecular flexibility index (Phi) is 3.24. The molecule has 2 N–H and O–H groups in total. The maximum Gasteiger partial charge on any atom is 0.0850 e. The number of nitrogens with two attached hydrogens (primary N) is 1. The molecule has 1 aliphatic rings. The van der Waals surface area contributed by atoms with E-state index in [4.69, 9.17) is 10.5 Å². The van der Waals surface area contributed by atoms with Crippen LogP contribution in [0.5, 0.6) is 0 Å². The second kappa shape index (κ2) is 4.47. The number of benzene rings is 1. The molecule has 15 heavy (non-hydrogen) atoms. The lowest BCUT2D eigenvalue weighted by molar-refractivity contribution is 0.0722. The van der Waals surface area contributed by atoms with Gasteiger partial charge < -0.3 is 10.5 Å². The van der Waals surface area contributed by atoms with Crippen LogP contribution in [0, 0.1) is 0 Å². The highest BCUT2D eigenvalue weighted by molar-refractivity contribution is 9.10. The summed E-state index contributed by atoms with van der Waals surface area (Å²) < 4.78 is 6.75. The summed E-state index contributed by atoms with van der Waals surface area (Å²) in [6.45, 7) is 4.22. The molecule has 0 aliphatic heterocycles. The molecule has 0 saturated carbocycles. The van der Waals surface area contributed by atoms with E-state index in [2.05, 4.69) is 34.6 Å². The third kappa shape index (κ3) is 2.14. The van der Waals surface area contributed by atoms with Crippen LogP contribution in [0.1, 0.15) is 29.7 Å². The van der Waals surface area contributed by atoms with Crippen LogP contribution in [0.2, 0.25) is 0 Å². The number of hydrogen-bond donors (Lipinski definition) is 1. The molecule has 0 fully saturated rings. The molecule has 3 heteroatoms. The van der Waals surface area contributed by atoms with Crippen LogP contribution in [0.4, 0.5) is 0 Å². The quantitative estimate of drug-likeness (QED) is 0.855. The highest BCUT2D eigenvalue weighted by Crippen LogP contribution is 2.40. The van der Waals surface area contributed by atoms with Crippen LogP contribution in [0.15, 0.2) is 35.3 Å². The lowest BCUT2D eigenvalue weighted by atomic mass is 10.1. The SMILES string of the molecule is C=CCO[C@@H]1C[C@H](N)c2cc(Br)ccc21. The molecule has 2 rings (SSSR count). The molecule has 0 spiro atoms. The van der Waals surface area contributed by atoms with Gasteiger partial charge in [-0.15, -0.1) is 6.58 Å². The van der Waals surface area contributed by atoms with Gasteiger partial charge in [-0.1, -0.05) is 28.1 Å². The van der Waals surface area contributed by atoms with Crippen molar-refractivity contribution in [3.63, 3.8) is 0 Å². The van der Waals surface area contributed by atoms with Crippen molar-refractivity contribution in [1.82, 2.24) is 0 Å². The van der Waals surface area contributed by atoms with Crippen molar-refractivity contribution in [2.75, 3.05) is 6.61 Å². The monoisotopic (exact) mass is 267 g/mol. The molecule has 0 saturated heterocycles. The third-order valence-electron chi connectivity index (χ3n) is 2.68. The second-order valence-electron chi connectivity index (χ2n) is 3.73. The molecule has 0 radical (unpaired) electrons. The average Bonchev–Trinajstić information content (AvgIpc) is 2.53. The van der Waals surface area contributed by atoms with Crippen molar-refractivity contribution in [3.05, 3.63) is 46.5 Å². The normalized spacial score (nSPS) is 23.9. The number of fused-ring (bicyclic) bond motifs is 1. The maximum atomic E-state index is 6.05. The fourth-order valence-corrected chi connectivity index (χ4v) is 2.37. The first-order valence-corrected chi connectivity index (χ1v) is 5.79. The predicted molar refractivity (Wildman–Crippen MR) is 64.6 cm³/mol. The zero-order valence-corrected chi connectivity index (χ0v) is 10.0. The Morgan fingerprint density at radius 1 is 1.53 bits per heavy atom. The smallest absolute Gasteiger partial charge is 0.0850 e. The van der Waals surface area contributed by atoms with Crippen LogP contribution >= 0.6 is 15.9 Å². The summed E-state index contributed by atoms with van der Waals surface area (Å²) in [7, 11) is 0. The average molecular weight is 268 g/mol. The second-order valence-corrected chi connectivity index (χ2v) is 4.64. The Morgan fingerprint density at radius 3 is 3.07 bits per heavy atom. The van der Waals surface area contributed by atoms with Gasteiger partial charge >= 0.3 is 0 Å². The zero-order chi connectivity index (χ0) is 10.8. The fraction of sp³-hybridized carbons (Fsp3) is 0.333. The minimum atomic E-state index is 0.0901. The molecule has 0 aromatic heterocycles. The molecule has 1 aliphatic carbocycles. The van der Waals surface area contributed by atoms with Crippen molar-refractivity contribution in [1.29, 1.82) is 0 Å². The van der Waals surface area contributed by atoms with Crippen molar-refractivity contribution in [2.45, 2.75) is 18.6 Å². The lowest BCUT2D eigenvalue weighted by Crippen LogP contribution is -2.06. The molecule has 1 aromatic carbocycles. The summed E-state index contributed by atoms with van der Waals surface area (Å²) in [5, 5.41) is 0. The minimum absolute atomic E-state index is 0.0901. The first kappa shape index (κ1) is 10.9. The summed E-state index contributed by atoms with van der Waals surface area (Å²) in [6.07, 6.45) is 2.75. The summed E-state index contributed by atoms with van der Waals surface area (Å²) in [6, 6.07) is 6.28. The van der Waals surface area contributed by atoms with Gasteiger partial charge in [0.2, 0.25) is 0 Å². The molecule has 2 atom stereocenters. The predicted octanol–water partition coefficient (Wildman–Crippen LogP) is 3.10. The molecule has 80 valence electrons. The van der Waals surface area contributed by atoms with Crippen LogP contribution in [-0.2, 0) is 4.74 Å². The van der Waals surface area contributed by atoms with Gasteiger partial charge in [-0.2, -0.15) is 0 Å². The van der Waals surface area contributed by atoms with Crippen LogP contribution in [0.3, 0.4) is 0 Å². The van der Waals surface area contributed by atoms with Gasteiger partial charge in [0, 0.05) is 10.5 Å². The molecule has 0 unspecified atom stereocenters. The number of rotatable bonds is 3. The van der Waals surface area contributed by atoms with E-state index in [0.29, 0.717) is 6.61 Å². The van der Waals surface area contributed by atoms with E-state index in [1.165, 1.54) is 11.1 Å². The van der Waals surface area contributed by atoms with E-state index in [-0.39, 0.29) is 12.1 Å². The van der Waals surface area contributed by atoms with Crippen molar-refractivity contribution in [3.8, 4) is 0 Å². The van der Waals surface area contributed by atoms with Crippen LogP contribution in [0.25, 0.3) is 0 Å². The Labute approximate surface area is 98.2 Å². The zero-order valence-electron chi connectivity index (χ0n) is 8.45. The highest BCUT2D eigenvalue weighted by Gasteiger charge is 2.28. The number of hydrogen-bond acceptors (Lipinski definition) is 2. The first-order valence-electron chi connectivity index (χ1n) is 5.00. The van der Waals surface area contributed by atoms with Crippen molar-refractivity contribution >= 4 is 15.9 Å². The van der Waals surface area contributed by atoms with E-state index in [9.17, 15) is 0 Å². The van der Waals surface area contributed by atoms with Gasteiger partial charge in [0.25, 0.3) is 0 Å². The molecular formula is C12H14BrNO. The van der Waals surface area contributed by atoms with E-state index in [1.807, 2.05) is 6.07 Å².